The number of cyclic esters (lactones) is 1. The minimum Gasteiger partial charge on any atom is -0.448 e. The molecule has 134 valence electrons. The van der Waals surface area contributed by atoms with Gasteiger partial charge in [-0.15, -0.1) is 0 Å². The van der Waals surface area contributed by atoms with Gasteiger partial charge in [0.05, 0.1) is 17.3 Å². The van der Waals surface area contributed by atoms with E-state index in [1.807, 2.05) is 60.7 Å². The third-order valence-corrected chi connectivity index (χ3v) is 4.59. The Morgan fingerprint density at radius 3 is 2.52 bits per heavy atom. The fraction of sp³-hybridized carbons (Fsp3) is 0.136. The second-order valence-corrected chi connectivity index (χ2v) is 6.36. The Hall–Kier alpha value is -3.47. The quantitative estimate of drug-likeness (QED) is 0.728. The number of nitrogens with zero attached hydrogens (tertiary/aromatic N) is 1. The molecular weight excluding hydrogens is 340 g/mol. The van der Waals surface area contributed by atoms with E-state index in [4.69, 9.17) is 4.74 Å². The molecule has 4 rings (SSSR count). The molecule has 5 heteroatoms. The van der Waals surface area contributed by atoms with Gasteiger partial charge in [-0.05, 0) is 29.3 Å². The zero-order valence-electron chi connectivity index (χ0n) is 14.5. The molecule has 0 spiro atoms. The molecule has 1 aliphatic rings. The maximum atomic E-state index is 12.9. The summed E-state index contributed by atoms with van der Waals surface area (Å²) in [6.45, 7) is 0. The molecule has 0 radical (unpaired) electrons. The number of nitrogens with one attached hydrogen (secondary N) is 1. The Morgan fingerprint density at radius 1 is 1.00 bits per heavy atom. The molecule has 1 amide bonds. The number of esters is 1. The van der Waals surface area contributed by atoms with E-state index in [-0.39, 0.29) is 5.91 Å². The van der Waals surface area contributed by atoms with Crippen molar-refractivity contribution in [2.45, 2.75) is 18.6 Å². The van der Waals surface area contributed by atoms with Gasteiger partial charge >= 0.3 is 5.97 Å². The molecule has 27 heavy (non-hydrogen) atoms. The first kappa shape index (κ1) is 17.0. The van der Waals surface area contributed by atoms with Crippen LogP contribution < -0.4 is 5.32 Å². The van der Waals surface area contributed by atoms with Gasteiger partial charge < -0.3 is 10.1 Å². The molecule has 1 aliphatic heterocycles. The fourth-order valence-corrected chi connectivity index (χ4v) is 3.23. The van der Waals surface area contributed by atoms with Gasteiger partial charge in [0.15, 0.2) is 6.10 Å². The number of hydrogen-bond acceptors (Lipinski definition) is 4. The smallest absolute Gasteiger partial charge is 0.339 e. The number of pyridine rings is 1. The van der Waals surface area contributed by atoms with Crippen molar-refractivity contribution in [2.75, 3.05) is 0 Å². The Bertz CT molecular complexity index is 918. The predicted molar refractivity (Wildman–Crippen MR) is 100 cm³/mol. The van der Waals surface area contributed by atoms with Gasteiger partial charge in [0.1, 0.15) is 0 Å². The summed E-state index contributed by atoms with van der Waals surface area (Å²) < 4.78 is 5.38. The number of fused-ring (bicyclic) bond motifs is 1. The predicted octanol–water partition coefficient (Wildman–Crippen LogP) is 3.07. The van der Waals surface area contributed by atoms with Crippen LogP contribution in [0.3, 0.4) is 0 Å². The summed E-state index contributed by atoms with van der Waals surface area (Å²) in [6.07, 6.45) is 1.19. The highest BCUT2D eigenvalue weighted by molar-refractivity contribution is 5.95. The first-order valence-electron chi connectivity index (χ1n) is 8.77. The van der Waals surface area contributed by atoms with E-state index in [0.717, 1.165) is 16.8 Å². The maximum Gasteiger partial charge on any atom is 0.339 e. The van der Waals surface area contributed by atoms with Crippen LogP contribution in [0, 0.1) is 0 Å². The topological polar surface area (TPSA) is 68.3 Å². The molecule has 0 fully saturated rings. The van der Waals surface area contributed by atoms with E-state index in [9.17, 15) is 9.59 Å². The van der Waals surface area contributed by atoms with Gasteiger partial charge in [-0.3, -0.25) is 9.78 Å². The molecular formula is C22H18N2O3. The van der Waals surface area contributed by atoms with Crippen LogP contribution in [0.15, 0.2) is 79.0 Å². The summed E-state index contributed by atoms with van der Waals surface area (Å²) in [6, 6.07) is 22.0. The average Bonchev–Trinajstić information content (AvgIpc) is 2.73. The van der Waals surface area contributed by atoms with Crippen LogP contribution >= 0.6 is 0 Å². The van der Waals surface area contributed by atoms with Crippen LogP contribution in [-0.2, 0) is 16.0 Å². The maximum absolute atomic E-state index is 12.9. The minimum atomic E-state index is -0.859. The number of rotatable bonds is 4. The Labute approximate surface area is 157 Å². The van der Waals surface area contributed by atoms with Gasteiger partial charge in [0, 0.05) is 12.6 Å². The lowest BCUT2D eigenvalue weighted by Crippen LogP contribution is -2.43. The van der Waals surface area contributed by atoms with Crippen LogP contribution in [0.4, 0.5) is 0 Å². The van der Waals surface area contributed by atoms with E-state index in [1.54, 1.807) is 18.3 Å². The normalized spacial score (nSPS) is 16.7. The summed E-state index contributed by atoms with van der Waals surface area (Å²) in [5, 5.41) is 2.99. The van der Waals surface area contributed by atoms with Crippen molar-refractivity contribution in [3.05, 3.63) is 101 Å². The molecule has 2 aromatic carbocycles. The molecule has 5 nitrogen and oxygen atoms in total. The van der Waals surface area contributed by atoms with E-state index < -0.39 is 18.1 Å². The van der Waals surface area contributed by atoms with Crippen molar-refractivity contribution >= 4 is 11.9 Å². The summed E-state index contributed by atoms with van der Waals surface area (Å²) in [5.74, 6) is -0.802. The highest BCUT2D eigenvalue weighted by Crippen LogP contribution is 2.23. The number of carbonyl (C=O) groups excluding carboxylic acids is 2. The van der Waals surface area contributed by atoms with E-state index >= 15 is 0 Å². The van der Waals surface area contributed by atoms with Gasteiger partial charge in [-0.2, -0.15) is 0 Å². The van der Waals surface area contributed by atoms with Crippen molar-refractivity contribution in [1.82, 2.24) is 10.3 Å². The summed E-state index contributed by atoms with van der Waals surface area (Å²) in [7, 11) is 0. The Morgan fingerprint density at radius 2 is 1.74 bits per heavy atom. The largest absolute Gasteiger partial charge is 0.448 e. The highest BCUT2D eigenvalue weighted by atomic mass is 16.5. The van der Waals surface area contributed by atoms with Crippen LogP contribution in [0.5, 0.6) is 0 Å². The number of benzene rings is 2. The monoisotopic (exact) mass is 358 g/mol. The Balaban J connectivity index is 1.59. The molecule has 0 aliphatic carbocycles. The number of hydrogen-bond donors (Lipinski definition) is 1. The number of ether oxygens (including phenoxy) is 1. The SMILES string of the molecule is O=C1O[C@@H](C(=O)N[C@@H](c2ccccc2)c2ccccn2)Cc2ccccc21. The second-order valence-electron chi connectivity index (χ2n) is 6.36. The second kappa shape index (κ2) is 7.41. The van der Waals surface area contributed by atoms with Crippen LogP contribution in [0.25, 0.3) is 0 Å². The van der Waals surface area contributed by atoms with Crippen LogP contribution in [0.1, 0.15) is 33.2 Å². The van der Waals surface area contributed by atoms with Gasteiger partial charge in [0.2, 0.25) is 0 Å². The molecule has 3 aromatic rings. The molecule has 0 unspecified atom stereocenters. The van der Waals surface area contributed by atoms with Crippen LogP contribution in [-0.4, -0.2) is 23.0 Å². The van der Waals surface area contributed by atoms with Gasteiger partial charge in [-0.25, -0.2) is 4.79 Å². The molecule has 2 atom stereocenters. The van der Waals surface area contributed by atoms with E-state index in [2.05, 4.69) is 10.3 Å². The first-order valence-corrected chi connectivity index (χ1v) is 8.77. The standard InChI is InChI=1S/C22H18N2O3/c25-21(19-14-16-10-4-5-11-17(16)22(26)27-19)24-20(15-8-2-1-3-9-15)18-12-6-7-13-23-18/h1-13,19-20H,14H2,(H,24,25)/t19-,20+/m1/s1. The summed E-state index contributed by atoms with van der Waals surface area (Å²) in [4.78, 5) is 29.5. The molecule has 0 saturated carbocycles. The third kappa shape index (κ3) is 3.58. The van der Waals surface area contributed by atoms with Crippen molar-refractivity contribution in [3.63, 3.8) is 0 Å². The van der Waals surface area contributed by atoms with Crippen molar-refractivity contribution in [3.8, 4) is 0 Å². The molecule has 2 heterocycles. The average molecular weight is 358 g/mol. The van der Waals surface area contributed by atoms with Crippen molar-refractivity contribution in [2.24, 2.45) is 0 Å². The zero-order chi connectivity index (χ0) is 18.6. The third-order valence-electron chi connectivity index (χ3n) is 4.59. The Kier molecular flexibility index (Phi) is 4.66. The lowest BCUT2D eigenvalue weighted by atomic mass is 9.97. The summed E-state index contributed by atoms with van der Waals surface area (Å²) >= 11 is 0. The van der Waals surface area contributed by atoms with Crippen LogP contribution in [0.2, 0.25) is 0 Å². The minimum absolute atomic E-state index is 0.336. The first-order chi connectivity index (χ1) is 13.2. The zero-order valence-corrected chi connectivity index (χ0v) is 14.5. The lowest BCUT2D eigenvalue weighted by molar-refractivity contribution is -0.130. The van der Waals surface area contributed by atoms with Gasteiger partial charge in [-0.1, -0.05) is 54.6 Å². The highest BCUT2D eigenvalue weighted by Gasteiger charge is 2.32. The lowest BCUT2D eigenvalue weighted by Gasteiger charge is -2.26. The molecule has 1 aromatic heterocycles. The summed E-state index contributed by atoms with van der Waals surface area (Å²) in [5.41, 5.74) is 2.97. The van der Waals surface area contributed by atoms with E-state index in [1.165, 1.54) is 0 Å². The fourth-order valence-electron chi connectivity index (χ4n) is 3.23. The number of amides is 1. The van der Waals surface area contributed by atoms with Crippen molar-refractivity contribution < 1.29 is 14.3 Å². The molecule has 0 saturated heterocycles. The molecule has 0 bridgehead atoms. The van der Waals surface area contributed by atoms with Crippen molar-refractivity contribution in [1.29, 1.82) is 0 Å². The molecule has 1 N–H and O–H groups in total. The van der Waals surface area contributed by atoms with E-state index in [0.29, 0.717) is 12.0 Å². The van der Waals surface area contributed by atoms with Gasteiger partial charge in [0.25, 0.3) is 5.91 Å². The number of aromatic nitrogens is 1. The number of carbonyl (C=O) groups is 2.